The van der Waals surface area contributed by atoms with Gasteiger partial charge >= 0.3 is 0 Å². The van der Waals surface area contributed by atoms with Crippen molar-refractivity contribution >= 4 is 0 Å². The van der Waals surface area contributed by atoms with E-state index in [1.165, 1.54) is 0 Å². The summed E-state index contributed by atoms with van der Waals surface area (Å²) >= 11 is 0. The fourth-order valence-corrected chi connectivity index (χ4v) is 0.605. The molecule has 0 radical (unpaired) electrons. The summed E-state index contributed by atoms with van der Waals surface area (Å²) in [4.78, 5) is 0. The molecule has 3 nitrogen and oxygen atoms in total. The first kappa shape index (κ1) is 4.46. The molecule has 40 valence electrons. The van der Waals surface area contributed by atoms with Gasteiger partial charge < -0.3 is 10.7 Å². The van der Waals surface area contributed by atoms with Crippen LogP contribution in [0.15, 0.2) is 11.9 Å². The number of hydrazine groups is 1. The smallest absolute Gasteiger partial charge is 0.109 e. The molecule has 0 amide bonds. The number of rotatable bonds is 1. The highest BCUT2D eigenvalue weighted by Crippen LogP contribution is 1.93. The molecule has 0 saturated carbocycles. The number of hydrogen-bond donors (Lipinski definition) is 3. The van der Waals surface area contributed by atoms with Gasteiger partial charge in [-0.3, -0.25) is 0 Å². The van der Waals surface area contributed by atoms with Crippen LogP contribution in [0.4, 0.5) is 0 Å². The number of hydrogen-bond acceptors (Lipinski definition) is 3. The summed E-state index contributed by atoms with van der Waals surface area (Å²) in [5.41, 5.74) is 2.51. The Morgan fingerprint density at radius 3 is 3.00 bits per heavy atom. The quantitative estimate of drug-likeness (QED) is 0.300. The normalized spacial score (nSPS) is 18.1. The van der Waals surface area contributed by atoms with Gasteiger partial charge in [-0.25, -0.2) is 5.84 Å². The van der Waals surface area contributed by atoms with E-state index in [9.17, 15) is 0 Å². The lowest BCUT2D eigenvalue weighted by Gasteiger charge is -1.98. The van der Waals surface area contributed by atoms with E-state index in [4.69, 9.17) is 5.84 Å². The SMILES string of the molecule is NNC1=CCCN1. The molecule has 0 atom stereocenters. The first-order valence-corrected chi connectivity index (χ1v) is 2.34. The van der Waals surface area contributed by atoms with E-state index >= 15 is 0 Å². The molecule has 0 spiro atoms. The summed E-state index contributed by atoms with van der Waals surface area (Å²) in [6, 6.07) is 0. The van der Waals surface area contributed by atoms with E-state index in [1.54, 1.807) is 0 Å². The highest BCUT2D eigenvalue weighted by molar-refractivity contribution is 5.01. The summed E-state index contributed by atoms with van der Waals surface area (Å²) in [5.74, 6) is 6.00. The van der Waals surface area contributed by atoms with Crippen LogP contribution < -0.4 is 16.6 Å². The Balaban J connectivity index is 2.36. The molecule has 0 bridgehead atoms. The van der Waals surface area contributed by atoms with Crippen LogP contribution in [-0.2, 0) is 0 Å². The van der Waals surface area contributed by atoms with Crippen LogP contribution in [0.2, 0.25) is 0 Å². The zero-order chi connectivity index (χ0) is 5.11. The topological polar surface area (TPSA) is 50.1 Å². The van der Waals surface area contributed by atoms with E-state index in [1.807, 2.05) is 6.08 Å². The summed E-state index contributed by atoms with van der Waals surface area (Å²) in [6.45, 7) is 1.01. The van der Waals surface area contributed by atoms with Crippen LogP contribution >= 0.6 is 0 Å². The second-order valence-electron chi connectivity index (χ2n) is 1.48. The van der Waals surface area contributed by atoms with Gasteiger partial charge in [-0.15, -0.1) is 0 Å². The van der Waals surface area contributed by atoms with Gasteiger partial charge in [-0.05, 0) is 12.5 Å². The molecular weight excluding hydrogens is 90.1 g/mol. The fraction of sp³-hybridized carbons (Fsp3) is 0.500. The minimum absolute atomic E-state index is 0.944. The van der Waals surface area contributed by atoms with Crippen molar-refractivity contribution in [1.82, 2.24) is 10.7 Å². The second kappa shape index (κ2) is 1.84. The van der Waals surface area contributed by atoms with E-state index in [-0.39, 0.29) is 0 Å². The summed E-state index contributed by atoms with van der Waals surface area (Å²) in [7, 11) is 0. The van der Waals surface area contributed by atoms with Gasteiger partial charge in [0.05, 0.1) is 0 Å². The second-order valence-corrected chi connectivity index (χ2v) is 1.48. The van der Waals surface area contributed by atoms with Crippen LogP contribution in [0.5, 0.6) is 0 Å². The van der Waals surface area contributed by atoms with Crippen LogP contribution in [0, 0.1) is 0 Å². The molecular formula is C4H9N3. The molecule has 1 aliphatic heterocycles. The van der Waals surface area contributed by atoms with Crippen molar-refractivity contribution < 1.29 is 0 Å². The van der Waals surface area contributed by atoms with Crippen LogP contribution in [0.3, 0.4) is 0 Å². The maximum atomic E-state index is 5.05. The molecule has 3 heteroatoms. The van der Waals surface area contributed by atoms with Crippen molar-refractivity contribution in [2.75, 3.05) is 6.54 Å². The van der Waals surface area contributed by atoms with Gasteiger partial charge in [0.2, 0.25) is 0 Å². The average molecular weight is 99.1 g/mol. The van der Waals surface area contributed by atoms with Crippen molar-refractivity contribution in [2.45, 2.75) is 6.42 Å². The van der Waals surface area contributed by atoms with E-state index in [0.717, 1.165) is 18.8 Å². The third-order valence-corrected chi connectivity index (χ3v) is 0.964. The highest BCUT2D eigenvalue weighted by atomic mass is 15.3. The Morgan fingerprint density at radius 2 is 2.71 bits per heavy atom. The van der Waals surface area contributed by atoms with Gasteiger partial charge in [-0.1, -0.05) is 0 Å². The van der Waals surface area contributed by atoms with Gasteiger partial charge in [0.1, 0.15) is 5.82 Å². The van der Waals surface area contributed by atoms with Crippen molar-refractivity contribution in [2.24, 2.45) is 5.84 Å². The molecule has 1 rings (SSSR count). The van der Waals surface area contributed by atoms with Crippen LogP contribution in [-0.4, -0.2) is 6.54 Å². The van der Waals surface area contributed by atoms with E-state index in [2.05, 4.69) is 10.7 Å². The van der Waals surface area contributed by atoms with Crippen LogP contribution in [0.1, 0.15) is 6.42 Å². The Hall–Kier alpha value is -0.700. The Labute approximate surface area is 42.5 Å². The summed E-state index contributed by atoms with van der Waals surface area (Å²) < 4.78 is 0. The lowest BCUT2D eigenvalue weighted by atomic mass is 10.5. The molecule has 0 fully saturated rings. The number of nitrogens with two attached hydrogens (primary N) is 1. The Morgan fingerprint density at radius 1 is 1.86 bits per heavy atom. The predicted molar refractivity (Wildman–Crippen MR) is 28.0 cm³/mol. The third kappa shape index (κ3) is 0.838. The minimum atomic E-state index is 0.944. The third-order valence-electron chi connectivity index (χ3n) is 0.964. The number of nitrogens with one attached hydrogen (secondary N) is 2. The lowest BCUT2D eigenvalue weighted by Crippen LogP contribution is -2.28. The lowest BCUT2D eigenvalue weighted by molar-refractivity contribution is 0.760. The largest absolute Gasteiger partial charge is 0.371 e. The monoisotopic (exact) mass is 99.1 g/mol. The van der Waals surface area contributed by atoms with Crippen molar-refractivity contribution in [3.8, 4) is 0 Å². The summed E-state index contributed by atoms with van der Waals surface area (Å²) in [5, 5.41) is 3.03. The molecule has 0 unspecified atom stereocenters. The predicted octanol–water partition coefficient (Wildman–Crippen LogP) is -0.716. The van der Waals surface area contributed by atoms with Gasteiger partial charge in [0.15, 0.2) is 0 Å². The summed E-state index contributed by atoms with van der Waals surface area (Å²) in [6.07, 6.45) is 3.11. The Bertz CT molecular complexity index is 86.9. The molecule has 4 N–H and O–H groups in total. The first-order chi connectivity index (χ1) is 3.43. The molecule has 0 aliphatic carbocycles. The molecule has 0 aromatic heterocycles. The molecule has 0 aromatic rings. The van der Waals surface area contributed by atoms with Gasteiger partial charge in [0.25, 0.3) is 0 Å². The Kier molecular flexibility index (Phi) is 1.17. The zero-order valence-corrected chi connectivity index (χ0v) is 4.07. The van der Waals surface area contributed by atoms with Gasteiger partial charge in [0, 0.05) is 6.54 Å². The molecule has 1 heterocycles. The molecule has 0 aromatic carbocycles. The van der Waals surface area contributed by atoms with E-state index < -0.39 is 0 Å². The standard InChI is InChI=1S/C4H9N3/c5-7-4-2-1-3-6-4/h2,6-7H,1,3,5H2. The molecule has 7 heavy (non-hydrogen) atoms. The van der Waals surface area contributed by atoms with Crippen molar-refractivity contribution in [3.05, 3.63) is 11.9 Å². The molecule has 0 saturated heterocycles. The van der Waals surface area contributed by atoms with Crippen molar-refractivity contribution in [1.29, 1.82) is 0 Å². The maximum Gasteiger partial charge on any atom is 0.109 e. The van der Waals surface area contributed by atoms with E-state index in [0.29, 0.717) is 0 Å². The highest BCUT2D eigenvalue weighted by Gasteiger charge is 1.96. The van der Waals surface area contributed by atoms with Crippen LogP contribution in [0.25, 0.3) is 0 Å². The first-order valence-electron chi connectivity index (χ1n) is 2.34. The van der Waals surface area contributed by atoms with Gasteiger partial charge in [-0.2, -0.15) is 0 Å². The van der Waals surface area contributed by atoms with Crippen molar-refractivity contribution in [3.63, 3.8) is 0 Å². The molecule has 1 aliphatic rings. The maximum absolute atomic E-state index is 5.05. The fourth-order valence-electron chi connectivity index (χ4n) is 0.605. The minimum Gasteiger partial charge on any atom is -0.371 e. The average Bonchev–Trinajstić information content (AvgIpc) is 2.14. The zero-order valence-electron chi connectivity index (χ0n) is 4.07.